The molecule has 1 aromatic heterocycles. The third-order valence-electron chi connectivity index (χ3n) is 2.68. The van der Waals surface area contributed by atoms with E-state index in [1.807, 2.05) is 11.6 Å². The van der Waals surface area contributed by atoms with Crippen molar-refractivity contribution in [2.24, 2.45) is 18.0 Å². The van der Waals surface area contributed by atoms with Crippen LogP contribution in [0.1, 0.15) is 19.7 Å². The fourth-order valence-corrected chi connectivity index (χ4v) is 2.65. The van der Waals surface area contributed by atoms with Crippen molar-refractivity contribution in [1.29, 1.82) is 0 Å². The molecule has 1 unspecified atom stereocenters. The molecular formula is C10H17N5S. The zero-order valence-electron chi connectivity index (χ0n) is 9.84. The minimum atomic E-state index is 0.545. The Balaban J connectivity index is 1.92. The molecule has 5 nitrogen and oxygen atoms in total. The average Bonchev–Trinajstić information content (AvgIpc) is 2.83. The van der Waals surface area contributed by atoms with Crippen LogP contribution in [0.5, 0.6) is 0 Å². The van der Waals surface area contributed by atoms with Crippen molar-refractivity contribution in [1.82, 2.24) is 20.1 Å². The second-order valence-corrected chi connectivity index (χ2v) is 5.29. The van der Waals surface area contributed by atoms with E-state index >= 15 is 0 Å². The Hall–Kier alpha value is -1.04. The summed E-state index contributed by atoms with van der Waals surface area (Å²) < 4.78 is 1.89. The number of aromatic nitrogens is 3. The number of aliphatic imine (C=N–C) groups is 1. The standard InChI is InChI=1S/C10H17N5S/c1-7(2)8-5-16-10(13-8)11-4-9-14-12-6-15(9)3/h6-8H,4-5H2,1-3H3,(H,11,13). The number of nitrogens with one attached hydrogen (secondary N) is 1. The Morgan fingerprint density at radius 1 is 1.69 bits per heavy atom. The fraction of sp³-hybridized carbons (Fsp3) is 0.700. The van der Waals surface area contributed by atoms with Gasteiger partial charge in [0.25, 0.3) is 0 Å². The normalized spacial score (nSPS) is 23.0. The molecule has 16 heavy (non-hydrogen) atoms. The first-order valence-corrected chi connectivity index (χ1v) is 6.42. The Morgan fingerprint density at radius 3 is 3.06 bits per heavy atom. The maximum atomic E-state index is 4.50. The molecule has 0 bridgehead atoms. The molecule has 1 aromatic rings. The molecule has 0 aromatic carbocycles. The first kappa shape index (κ1) is 11.4. The summed E-state index contributed by atoms with van der Waals surface area (Å²) in [6.45, 7) is 5.05. The molecule has 0 spiro atoms. The fourth-order valence-electron chi connectivity index (χ4n) is 1.45. The van der Waals surface area contributed by atoms with Gasteiger partial charge in [-0.05, 0) is 5.92 Å². The van der Waals surface area contributed by atoms with Crippen molar-refractivity contribution in [3.05, 3.63) is 12.2 Å². The van der Waals surface area contributed by atoms with Crippen LogP contribution in [-0.2, 0) is 13.6 Å². The molecule has 1 atom stereocenters. The lowest BCUT2D eigenvalue weighted by Gasteiger charge is -2.12. The van der Waals surface area contributed by atoms with Crippen molar-refractivity contribution < 1.29 is 0 Å². The second kappa shape index (κ2) is 4.86. The smallest absolute Gasteiger partial charge is 0.157 e. The summed E-state index contributed by atoms with van der Waals surface area (Å²) in [4.78, 5) is 4.50. The Bertz CT molecular complexity index is 384. The largest absolute Gasteiger partial charge is 0.361 e. The highest BCUT2D eigenvalue weighted by atomic mass is 32.2. The van der Waals surface area contributed by atoms with Crippen LogP contribution < -0.4 is 5.32 Å². The summed E-state index contributed by atoms with van der Waals surface area (Å²) in [6, 6.07) is 0.545. The lowest BCUT2D eigenvalue weighted by atomic mass is 10.1. The van der Waals surface area contributed by atoms with Gasteiger partial charge in [-0.1, -0.05) is 25.6 Å². The summed E-state index contributed by atoms with van der Waals surface area (Å²) in [5.41, 5.74) is 0. The molecule has 0 saturated carbocycles. The number of nitrogens with zero attached hydrogens (tertiary/aromatic N) is 4. The molecule has 1 aliphatic heterocycles. The minimum absolute atomic E-state index is 0.545. The van der Waals surface area contributed by atoms with Crippen molar-refractivity contribution >= 4 is 16.9 Å². The Morgan fingerprint density at radius 2 is 2.50 bits per heavy atom. The maximum Gasteiger partial charge on any atom is 0.157 e. The first-order chi connectivity index (χ1) is 7.66. The van der Waals surface area contributed by atoms with Gasteiger partial charge in [-0.2, -0.15) is 0 Å². The van der Waals surface area contributed by atoms with E-state index in [1.54, 1.807) is 18.1 Å². The van der Waals surface area contributed by atoms with Gasteiger partial charge in [-0.25, -0.2) is 0 Å². The Kier molecular flexibility index (Phi) is 3.48. The van der Waals surface area contributed by atoms with Gasteiger partial charge < -0.3 is 9.88 Å². The molecule has 1 saturated heterocycles. The molecule has 2 rings (SSSR count). The predicted molar refractivity (Wildman–Crippen MR) is 66.4 cm³/mol. The summed E-state index contributed by atoms with van der Waals surface area (Å²) >= 11 is 1.79. The molecular weight excluding hydrogens is 222 g/mol. The third-order valence-corrected chi connectivity index (χ3v) is 3.73. The highest BCUT2D eigenvalue weighted by molar-refractivity contribution is 8.14. The highest BCUT2D eigenvalue weighted by Crippen LogP contribution is 2.19. The number of hydrogen-bond donors (Lipinski definition) is 1. The van der Waals surface area contributed by atoms with E-state index in [0.29, 0.717) is 18.5 Å². The summed E-state index contributed by atoms with van der Waals surface area (Å²) in [6.07, 6.45) is 1.70. The quantitative estimate of drug-likeness (QED) is 0.856. The monoisotopic (exact) mass is 239 g/mol. The summed E-state index contributed by atoms with van der Waals surface area (Å²) in [7, 11) is 1.93. The van der Waals surface area contributed by atoms with Gasteiger partial charge in [-0.15, -0.1) is 10.2 Å². The van der Waals surface area contributed by atoms with Gasteiger partial charge in [-0.3, -0.25) is 4.99 Å². The summed E-state index contributed by atoms with van der Waals surface area (Å²) in [5, 5.41) is 12.3. The van der Waals surface area contributed by atoms with Gasteiger partial charge in [0.1, 0.15) is 12.9 Å². The number of amidine groups is 1. The van der Waals surface area contributed by atoms with Crippen LogP contribution in [0.3, 0.4) is 0 Å². The van der Waals surface area contributed by atoms with Crippen LogP contribution in [0.15, 0.2) is 11.3 Å². The number of hydrogen-bond acceptors (Lipinski definition) is 4. The average molecular weight is 239 g/mol. The van der Waals surface area contributed by atoms with E-state index in [0.717, 1.165) is 16.7 Å². The van der Waals surface area contributed by atoms with E-state index in [1.165, 1.54) is 0 Å². The summed E-state index contributed by atoms with van der Waals surface area (Å²) in [5.74, 6) is 2.65. The van der Waals surface area contributed by atoms with Crippen LogP contribution in [0.4, 0.5) is 0 Å². The second-order valence-electron chi connectivity index (χ2n) is 4.29. The van der Waals surface area contributed by atoms with Crippen LogP contribution >= 0.6 is 11.8 Å². The molecule has 0 amide bonds. The van der Waals surface area contributed by atoms with Crippen LogP contribution in [-0.4, -0.2) is 31.7 Å². The van der Waals surface area contributed by atoms with E-state index in [4.69, 9.17) is 0 Å². The molecule has 0 radical (unpaired) electrons. The number of thioether (sulfide) groups is 1. The minimum Gasteiger partial charge on any atom is -0.361 e. The van der Waals surface area contributed by atoms with Crippen molar-refractivity contribution in [3.63, 3.8) is 0 Å². The van der Waals surface area contributed by atoms with Crippen LogP contribution in [0, 0.1) is 5.92 Å². The van der Waals surface area contributed by atoms with E-state index in [9.17, 15) is 0 Å². The van der Waals surface area contributed by atoms with Gasteiger partial charge >= 0.3 is 0 Å². The zero-order valence-corrected chi connectivity index (χ0v) is 10.7. The van der Waals surface area contributed by atoms with Gasteiger partial charge in [0.05, 0.1) is 0 Å². The zero-order chi connectivity index (χ0) is 11.5. The first-order valence-electron chi connectivity index (χ1n) is 5.43. The van der Waals surface area contributed by atoms with Gasteiger partial charge in [0.2, 0.25) is 0 Å². The molecule has 6 heteroatoms. The molecule has 1 N–H and O–H groups in total. The van der Waals surface area contributed by atoms with Crippen molar-refractivity contribution in [2.45, 2.75) is 26.4 Å². The van der Waals surface area contributed by atoms with E-state index < -0.39 is 0 Å². The molecule has 0 aliphatic carbocycles. The number of rotatable bonds is 3. The highest BCUT2D eigenvalue weighted by Gasteiger charge is 2.22. The van der Waals surface area contributed by atoms with Crippen LogP contribution in [0.25, 0.3) is 0 Å². The topological polar surface area (TPSA) is 55.1 Å². The van der Waals surface area contributed by atoms with Crippen molar-refractivity contribution in [3.8, 4) is 0 Å². The van der Waals surface area contributed by atoms with E-state index in [-0.39, 0.29) is 0 Å². The Labute approximate surface area is 99.7 Å². The third kappa shape index (κ3) is 2.55. The maximum absolute atomic E-state index is 4.50. The van der Waals surface area contributed by atoms with E-state index in [2.05, 4.69) is 34.4 Å². The SMILES string of the molecule is CC(C)C1CSC(=NCc2nncn2C)N1. The molecule has 2 heterocycles. The lowest BCUT2D eigenvalue weighted by Crippen LogP contribution is -2.31. The lowest BCUT2D eigenvalue weighted by molar-refractivity contribution is 0.503. The molecule has 1 aliphatic rings. The van der Waals surface area contributed by atoms with Crippen molar-refractivity contribution in [2.75, 3.05) is 5.75 Å². The van der Waals surface area contributed by atoms with Crippen LogP contribution in [0.2, 0.25) is 0 Å². The van der Waals surface area contributed by atoms with Gasteiger partial charge in [0, 0.05) is 18.8 Å². The van der Waals surface area contributed by atoms with Gasteiger partial charge in [0.15, 0.2) is 11.0 Å². The molecule has 1 fully saturated rings. The number of aryl methyl sites for hydroxylation is 1. The molecule has 88 valence electrons. The predicted octanol–water partition coefficient (Wildman–Crippen LogP) is 1.03.